The minimum Gasteiger partial charge on any atom is -0.370 e. The number of halogens is 3. The highest BCUT2D eigenvalue weighted by Gasteiger charge is 2.35. The van der Waals surface area contributed by atoms with Crippen LogP contribution in [0.5, 0.6) is 0 Å². The quantitative estimate of drug-likeness (QED) is 0.379. The molecular formula is C4H8F3N3. The Morgan fingerprint density at radius 3 is 2.10 bits per heavy atom. The van der Waals surface area contributed by atoms with Crippen LogP contribution >= 0.6 is 0 Å². The summed E-state index contributed by atoms with van der Waals surface area (Å²) >= 11 is 0. The first-order valence-corrected chi connectivity index (χ1v) is 2.51. The van der Waals surface area contributed by atoms with Gasteiger partial charge >= 0.3 is 6.18 Å². The fraction of sp³-hybridized carbons (Fsp3) is 0.750. The molecule has 0 aromatic heterocycles. The minimum atomic E-state index is -4.34. The average Bonchev–Trinajstić information content (AvgIpc) is 1.60. The van der Waals surface area contributed by atoms with Crippen LogP contribution in [-0.2, 0) is 0 Å². The summed E-state index contributed by atoms with van der Waals surface area (Å²) in [6.45, 7) is 0.890. The van der Waals surface area contributed by atoms with Gasteiger partial charge in [-0.05, 0) is 6.92 Å². The topological polar surface area (TPSA) is 61.9 Å². The van der Waals surface area contributed by atoms with Gasteiger partial charge in [-0.15, -0.1) is 0 Å². The standard InChI is InChI=1S/C4H8F3N3/c1-2(4(5,6)7)10-3(8)9/h2H,1H3,(H4,8,9,10). The summed E-state index contributed by atoms with van der Waals surface area (Å²) in [5.41, 5.74) is 4.66. The lowest BCUT2D eigenvalue weighted by molar-refractivity contribution is -0.147. The van der Waals surface area contributed by atoms with Crippen LogP contribution in [0, 0.1) is 5.41 Å². The maximum absolute atomic E-state index is 11.6. The van der Waals surface area contributed by atoms with E-state index in [4.69, 9.17) is 5.41 Å². The van der Waals surface area contributed by atoms with E-state index in [1.807, 2.05) is 0 Å². The maximum atomic E-state index is 11.6. The van der Waals surface area contributed by atoms with Crippen LogP contribution < -0.4 is 11.1 Å². The van der Waals surface area contributed by atoms with Crippen LogP contribution in [-0.4, -0.2) is 18.2 Å². The second-order valence-corrected chi connectivity index (χ2v) is 1.82. The van der Waals surface area contributed by atoms with Crippen LogP contribution in [0.4, 0.5) is 13.2 Å². The van der Waals surface area contributed by atoms with E-state index >= 15 is 0 Å². The van der Waals surface area contributed by atoms with E-state index in [0.29, 0.717) is 0 Å². The van der Waals surface area contributed by atoms with Crippen molar-refractivity contribution in [2.24, 2.45) is 5.73 Å². The Labute approximate surface area is 55.9 Å². The third-order valence-electron chi connectivity index (χ3n) is 0.863. The highest BCUT2D eigenvalue weighted by Crippen LogP contribution is 2.18. The number of hydrogen-bond donors (Lipinski definition) is 3. The van der Waals surface area contributed by atoms with Crippen molar-refractivity contribution >= 4 is 5.96 Å². The fourth-order valence-corrected chi connectivity index (χ4v) is 0.315. The zero-order valence-electron chi connectivity index (χ0n) is 5.29. The van der Waals surface area contributed by atoms with Gasteiger partial charge in [0.25, 0.3) is 0 Å². The average molecular weight is 155 g/mol. The van der Waals surface area contributed by atoms with Crippen LogP contribution in [0.15, 0.2) is 0 Å². The van der Waals surface area contributed by atoms with Crippen LogP contribution in [0.2, 0.25) is 0 Å². The van der Waals surface area contributed by atoms with E-state index in [-0.39, 0.29) is 0 Å². The van der Waals surface area contributed by atoms with E-state index in [1.54, 1.807) is 5.32 Å². The van der Waals surface area contributed by atoms with E-state index in [0.717, 1.165) is 6.92 Å². The van der Waals surface area contributed by atoms with E-state index in [2.05, 4.69) is 5.73 Å². The summed E-state index contributed by atoms with van der Waals surface area (Å²) in [7, 11) is 0. The molecule has 4 N–H and O–H groups in total. The van der Waals surface area contributed by atoms with Crippen molar-refractivity contribution in [3.05, 3.63) is 0 Å². The Morgan fingerprint density at radius 2 is 2.00 bits per heavy atom. The molecule has 0 rings (SSSR count). The van der Waals surface area contributed by atoms with Gasteiger partial charge in [0.2, 0.25) is 0 Å². The molecule has 0 saturated carbocycles. The van der Waals surface area contributed by atoms with Gasteiger partial charge in [0, 0.05) is 0 Å². The molecule has 0 bridgehead atoms. The normalized spacial score (nSPS) is 14.4. The predicted molar refractivity (Wildman–Crippen MR) is 30.6 cm³/mol. The molecule has 60 valence electrons. The number of nitrogens with two attached hydrogens (primary N) is 1. The van der Waals surface area contributed by atoms with E-state index < -0.39 is 18.2 Å². The minimum absolute atomic E-state index is 0.676. The molecule has 0 saturated heterocycles. The summed E-state index contributed by atoms with van der Waals surface area (Å²) in [5.74, 6) is -0.676. The summed E-state index contributed by atoms with van der Waals surface area (Å²) < 4.78 is 34.8. The zero-order valence-corrected chi connectivity index (χ0v) is 5.29. The van der Waals surface area contributed by atoms with Crippen molar-refractivity contribution in [3.8, 4) is 0 Å². The van der Waals surface area contributed by atoms with Gasteiger partial charge in [0.15, 0.2) is 5.96 Å². The Balaban J connectivity index is 3.85. The Bertz CT molecular complexity index is 130. The Morgan fingerprint density at radius 1 is 1.60 bits per heavy atom. The van der Waals surface area contributed by atoms with Gasteiger partial charge in [-0.1, -0.05) is 0 Å². The molecule has 0 radical (unpaired) electrons. The van der Waals surface area contributed by atoms with Crippen molar-refractivity contribution < 1.29 is 13.2 Å². The molecule has 0 fully saturated rings. The smallest absolute Gasteiger partial charge is 0.370 e. The van der Waals surface area contributed by atoms with Gasteiger partial charge < -0.3 is 11.1 Å². The van der Waals surface area contributed by atoms with Crippen molar-refractivity contribution in [1.29, 1.82) is 5.41 Å². The molecule has 0 aromatic rings. The molecule has 0 amide bonds. The lowest BCUT2D eigenvalue weighted by Crippen LogP contribution is -2.45. The third-order valence-corrected chi connectivity index (χ3v) is 0.863. The first-order valence-electron chi connectivity index (χ1n) is 2.51. The number of alkyl halides is 3. The summed E-state index contributed by atoms with van der Waals surface area (Å²) in [6.07, 6.45) is -4.34. The summed E-state index contributed by atoms with van der Waals surface area (Å²) in [6, 6.07) is -1.76. The fourth-order valence-electron chi connectivity index (χ4n) is 0.315. The zero-order chi connectivity index (χ0) is 8.36. The van der Waals surface area contributed by atoms with E-state index in [9.17, 15) is 13.2 Å². The molecule has 0 spiro atoms. The van der Waals surface area contributed by atoms with E-state index in [1.165, 1.54) is 0 Å². The third kappa shape index (κ3) is 3.16. The first-order chi connectivity index (χ1) is 4.34. The molecule has 0 aliphatic rings. The molecule has 0 aromatic carbocycles. The van der Waals surface area contributed by atoms with Crippen LogP contribution in [0.3, 0.4) is 0 Å². The van der Waals surface area contributed by atoms with Crippen molar-refractivity contribution in [3.63, 3.8) is 0 Å². The highest BCUT2D eigenvalue weighted by molar-refractivity contribution is 5.74. The lowest BCUT2D eigenvalue weighted by atomic mass is 10.3. The highest BCUT2D eigenvalue weighted by atomic mass is 19.4. The number of hydrogen-bond acceptors (Lipinski definition) is 1. The monoisotopic (exact) mass is 155 g/mol. The van der Waals surface area contributed by atoms with Crippen molar-refractivity contribution in [2.45, 2.75) is 19.1 Å². The van der Waals surface area contributed by atoms with Crippen molar-refractivity contribution in [1.82, 2.24) is 5.32 Å². The number of guanidine groups is 1. The number of rotatable bonds is 1. The van der Waals surface area contributed by atoms with Gasteiger partial charge in [-0.2, -0.15) is 13.2 Å². The molecule has 1 unspecified atom stereocenters. The van der Waals surface area contributed by atoms with Gasteiger partial charge in [-0.3, -0.25) is 5.41 Å². The SMILES string of the molecule is CC(NC(=N)N)C(F)(F)F. The second kappa shape index (κ2) is 2.76. The molecule has 1 atom stereocenters. The second-order valence-electron chi connectivity index (χ2n) is 1.82. The number of nitrogens with one attached hydrogen (secondary N) is 2. The van der Waals surface area contributed by atoms with Gasteiger partial charge in [-0.25, -0.2) is 0 Å². The molecule has 3 nitrogen and oxygen atoms in total. The lowest BCUT2D eigenvalue weighted by Gasteiger charge is -2.16. The summed E-state index contributed by atoms with van der Waals surface area (Å²) in [5, 5.41) is 8.19. The largest absolute Gasteiger partial charge is 0.408 e. The Kier molecular flexibility index (Phi) is 2.50. The van der Waals surface area contributed by atoms with Crippen molar-refractivity contribution in [2.75, 3.05) is 0 Å². The molecule has 0 aliphatic carbocycles. The molecule has 6 heteroatoms. The van der Waals surface area contributed by atoms with Crippen LogP contribution in [0.1, 0.15) is 6.92 Å². The molecule has 10 heavy (non-hydrogen) atoms. The predicted octanol–water partition coefficient (Wildman–Crippen LogP) is 0.420. The summed E-state index contributed by atoms with van der Waals surface area (Å²) in [4.78, 5) is 0. The van der Waals surface area contributed by atoms with Gasteiger partial charge in [0.05, 0.1) is 0 Å². The first kappa shape index (κ1) is 9.06. The van der Waals surface area contributed by atoms with Crippen LogP contribution in [0.25, 0.3) is 0 Å². The molecule has 0 aliphatic heterocycles. The molecule has 0 heterocycles. The Hall–Kier alpha value is -0.940. The van der Waals surface area contributed by atoms with Gasteiger partial charge in [0.1, 0.15) is 6.04 Å². The maximum Gasteiger partial charge on any atom is 0.408 e. The molecular weight excluding hydrogens is 147 g/mol.